The minimum Gasteiger partial charge on any atom is -0.394 e. The van der Waals surface area contributed by atoms with Gasteiger partial charge >= 0.3 is 0 Å². The average Bonchev–Trinajstić information content (AvgIpc) is 3.02. The molecular weight excluding hydrogens is 412 g/mol. The summed E-state index contributed by atoms with van der Waals surface area (Å²) in [5.74, 6) is -0.226. The number of carbonyl (C=O) groups excluding carboxylic acids is 1. The van der Waals surface area contributed by atoms with Crippen molar-refractivity contribution in [3.05, 3.63) is 81.1 Å². The average molecular weight is 437 g/mol. The second-order valence-corrected chi connectivity index (χ2v) is 8.57. The van der Waals surface area contributed by atoms with Gasteiger partial charge in [-0.2, -0.15) is 10.4 Å². The highest BCUT2D eigenvalue weighted by atomic mass is 35.5. The number of amides is 1. The van der Waals surface area contributed by atoms with Crippen LogP contribution in [0.4, 0.5) is 0 Å². The fourth-order valence-electron chi connectivity index (χ4n) is 3.41. The van der Waals surface area contributed by atoms with Crippen molar-refractivity contribution in [3.8, 4) is 11.8 Å². The Morgan fingerprint density at radius 1 is 1.26 bits per heavy atom. The minimum absolute atomic E-state index is 0.154. The molecule has 0 aliphatic rings. The van der Waals surface area contributed by atoms with Crippen molar-refractivity contribution >= 4 is 17.5 Å². The van der Waals surface area contributed by atoms with Crippen LogP contribution in [-0.4, -0.2) is 32.9 Å². The zero-order valence-corrected chi connectivity index (χ0v) is 18.8. The quantitative estimate of drug-likeness (QED) is 0.608. The van der Waals surface area contributed by atoms with Crippen LogP contribution in [0.3, 0.4) is 0 Å². The number of nitrogens with zero attached hydrogens (tertiary/aromatic N) is 3. The highest BCUT2D eigenvalue weighted by molar-refractivity contribution is 6.31. The van der Waals surface area contributed by atoms with E-state index in [1.54, 1.807) is 36.7 Å². The molecule has 160 valence electrons. The van der Waals surface area contributed by atoms with E-state index in [1.807, 2.05) is 38.1 Å². The number of rotatable bonds is 6. The Kier molecular flexibility index (Phi) is 6.49. The first-order chi connectivity index (χ1) is 14.7. The Bertz CT molecular complexity index is 1170. The number of halogens is 1. The van der Waals surface area contributed by atoms with Crippen molar-refractivity contribution in [1.29, 1.82) is 5.26 Å². The second-order valence-electron chi connectivity index (χ2n) is 8.17. The molecule has 1 heterocycles. The Balaban J connectivity index is 1.96. The summed E-state index contributed by atoms with van der Waals surface area (Å²) in [6, 6.07) is 14.7. The van der Waals surface area contributed by atoms with Crippen LogP contribution in [0.5, 0.6) is 0 Å². The van der Waals surface area contributed by atoms with E-state index in [0.717, 1.165) is 28.2 Å². The summed E-state index contributed by atoms with van der Waals surface area (Å²) in [6.07, 6.45) is 0.533. The molecule has 0 aliphatic heterocycles. The van der Waals surface area contributed by atoms with Crippen molar-refractivity contribution in [2.75, 3.05) is 6.61 Å². The zero-order chi connectivity index (χ0) is 22.8. The summed E-state index contributed by atoms with van der Waals surface area (Å²) in [6.45, 7) is 7.29. The molecule has 0 atom stereocenters. The second kappa shape index (κ2) is 8.93. The van der Waals surface area contributed by atoms with Gasteiger partial charge in [0.05, 0.1) is 34.1 Å². The largest absolute Gasteiger partial charge is 0.394 e. The zero-order valence-electron chi connectivity index (χ0n) is 18.0. The molecule has 1 aromatic heterocycles. The van der Waals surface area contributed by atoms with Crippen molar-refractivity contribution in [2.24, 2.45) is 0 Å². The lowest BCUT2D eigenvalue weighted by Crippen LogP contribution is -2.46. The Hall–Kier alpha value is -3.14. The third-order valence-electron chi connectivity index (χ3n) is 5.24. The number of nitriles is 1. The third kappa shape index (κ3) is 4.79. The standard InChI is InChI=1S/C24H25ClN4O2/c1-15-21(16(2)29(28-15)19-10-9-18(13-26)22(25)12-19)11-17-7-5-6-8-20(17)23(31)27-24(3,4)14-30/h5-10,12,30H,11,14H2,1-4H3,(H,27,31). The molecule has 6 nitrogen and oxygen atoms in total. The van der Waals surface area contributed by atoms with E-state index in [2.05, 4.69) is 16.5 Å². The molecule has 1 amide bonds. The first-order valence-electron chi connectivity index (χ1n) is 9.93. The van der Waals surface area contributed by atoms with Crippen LogP contribution >= 0.6 is 11.6 Å². The van der Waals surface area contributed by atoms with E-state index in [4.69, 9.17) is 16.9 Å². The van der Waals surface area contributed by atoms with E-state index in [-0.39, 0.29) is 12.5 Å². The summed E-state index contributed by atoms with van der Waals surface area (Å²) in [5.41, 5.74) is 4.71. The molecule has 2 aromatic carbocycles. The van der Waals surface area contributed by atoms with E-state index >= 15 is 0 Å². The van der Waals surface area contributed by atoms with E-state index in [1.165, 1.54) is 0 Å². The molecule has 31 heavy (non-hydrogen) atoms. The molecule has 0 fully saturated rings. The monoisotopic (exact) mass is 436 g/mol. The molecule has 0 bridgehead atoms. The van der Waals surface area contributed by atoms with Gasteiger partial charge in [0, 0.05) is 23.2 Å². The van der Waals surface area contributed by atoms with Gasteiger partial charge in [-0.1, -0.05) is 29.8 Å². The number of aliphatic hydroxyl groups is 1. The van der Waals surface area contributed by atoms with Gasteiger partial charge in [0.25, 0.3) is 5.91 Å². The maximum atomic E-state index is 12.8. The SMILES string of the molecule is Cc1nn(-c2ccc(C#N)c(Cl)c2)c(C)c1Cc1ccccc1C(=O)NC(C)(C)CO. The van der Waals surface area contributed by atoms with Crippen molar-refractivity contribution in [3.63, 3.8) is 0 Å². The lowest BCUT2D eigenvalue weighted by molar-refractivity contribution is 0.0868. The van der Waals surface area contributed by atoms with Crippen LogP contribution in [0.15, 0.2) is 42.5 Å². The number of aliphatic hydroxyl groups excluding tert-OH is 1. The van der Waals surface area contributed by atoms with E-state index < -0.39 is 5.54 Å². The molecule has 3 rings (SSSR count). The highest BCUT2D eigenvalue weighted by Gasteiger charge is 2.22. The summed E-state index contributed by atoms with van der Waals surface area (Å²) >= 11 is 6.20. The molecule has 0 unspecified atom stereocenters. The van der Waals surface area contributed by atoms with Crippen LogP contribution in [-0.2, 0) is 6.42 Å². The number of nitrogens with one attached hydrogen (secondary N) is 1. The minimum atomic E-state index is -0.713. The lowest BCUT2D eigenvalue weighted by Gasteiger charge is -2.24. The van der Waals surface area contributed by atoms with Crippen molar-refractivity contribution < 1.29 is 9.90 Å². The van der Waals surface area contributed by atoms with Gasteiger partial charge in [0.2, 0.25) is 0 Å². The highest BCUT2D eigenvalue weighted by Crippen LogP contribution is 2.25. The third-order valence-corrected chi connectivity index (χ3v) is 5.55. The maximum Gasteiger partial charge on any atom is 0.252 e. The number of benzene rings is 2. The summed E-state index contributed by atoms with van der Waals surface area (Å²) < 4.78 is 1.80. The predicted octanol–water partition coefficient (Wildman–Crippen LogP) is 4.11. The lowest BCUT2D eigenvalue weighted by atomic mass is 9.97. The molecule has 0 saturated carbocycles. The van der Waals surface area contributed by atoms with Crippen LogP contribution in [0.25, 0.3) is 5.69 Å². The molecule has 0 saturated heterocycles. The van der Waals surface area contributed by atoms with Gasteiger partial charge in [-0.3, -0.25) is 4.79 Å². The molecule has 0 spiro atoms. The first-order valence-corrected chi connectivity index (χ1v) is 10.3. The summed E-state index contributed by atoms with van der Waals surface area (Å²) in [7, 11) is 0. The molecule has 0 radical (unpaired) electrons. The maximum absolute atomic E-state index is 12.8. The molecular formula is C24H25ClN4O2. The summed E-state index contributed by atoms with van der Waals surface area (Å²) in [4.78, 5) is 12.8. The van der Waals surface area contributed by atoms with Crippen LogP contribution in [0.2, 0.25) is 5.02 Å². The first kappa shape index (κ1) is 22.5. The number of carbonyl (C=O) groups is 1. The fraction of sp³-hybridized carbons (Fsp3) is 0.292. The number of aryl methyl sites for hydroxylation is 1. The molecule has 7 heteroatoms. The smallest absolute Gasteiger partial charge is 0.252 e. The normalized spacial score (nSPS) is 11.3. The molecule has 0 aliphatic carbocycles. The van der Waals surface area contributed by atoms with Crippen LogP contribution in [0.1, 0.15) is 52.3 Å². The number of hydrogen-bond acceptors (Lipinski definition) is 4. The van der Waals surface area contributed by atoms with E-state index in [0.29, 0.717) is 22.6 Å². The molecule has 2 N–H and O–H groups in total. The number of aromatic nitrogens is 2. The van der Waals surface area contributed by atoms with Gasteiger partial charge in [-0.25, -0.2) is 4.68 Å². The van der Waals surface area contributed by atoms with E-state index in [9.17, 15) is 9.90 Å². The Morgan fingerprint density at radius 2 is 1.97 bits per heavy atom. The van der Waals surface area contributed by atoms with Gasteiger partial charge in [0.15, 0.2) is 0 Å². The Labute approximate surface area is 187 Å². The van der Waals surface area contributed by atoms with Gasteiger partial charge in [-0.15, -0.1) is 0 Å². The molecule has 3 aromatic rings. The fourth-order valence-corrected chi connectivity index (χ4v) is 3.63. The van der Waals surface area contributed by atoms with Gasteiger partial charge in [-0.05, 0) is 57.5 Å². The van der Waals surface area contributed by atoms with Crippen LogP contribution < -0.4 is 5.32 Å². The van der Waals surface area contributed by atoms with Crippen molar-refractivity contribution in [2.45, 2.75) is 39.7 Å². The van der Waals surface area contributed by atoms with Crippen LogP contribution in [0, 0.1) is 25.2 Å². The van der Waals surface area contributed by atoms with Gasteiger partial charge in [0.1, 0.15) is 6.07 Å². The summed E-state index contributed by atoms with van der Waals surface area (Å²) in [5, 5.41) is 26.5. The topological polar surface area (TPSA) is 90.9 Å². The van der Waals surface area contributed by atoms with Gasteiger partial charge < -0.3 is 10.4 Å². The van der Waals surface area contributed by atoms with Crippen molar-refractivity contribution in [1.82, 2.24) is 15.1 Å². The number of hydrogen-bond donors (Lipinski definition) is 2. The predicted molar refractivity (Wildman–Crippen MR) is 121 cm³/mol. The Morgan fingerprint density at radius 3 is 2.61 bits per heavy atom.